The van der Waals surface area contributed by atoms with E-state index < -0.39 is 0 Å². The van der Waals surface area contributed by atoms with E-state index in [1.54, 1.807) is 0 Å². The van der Waals surface area contributed by atoms with Gasteiger partial charge in [-0.1, -0.05) is 82.1 Å². The Kier molecular flexibility index (Phi) is 8.52. The second-order valence-electron chi connectivity index (χ2n) is 12.1. The van der Waals surface area contributed by atoms with E-state index in [1.165, 1.54) is 11.1 Å². The van der Waals surface area contributed by atoms with Crippen LogP contribution in [0.5, 0.6) is 0 Å². The van der Waals surface area contributed by atoms with E-state index in [-0.39, 0.29) is 11.3 Å². The first-order chi connectivity index (χ1) is 19.9. The molecule has 0 bridgehead atoms. The van der Waals surface area contributed by atoms with E-state index >= 15 is 0 Å². The second kappa shape index (κ2) is 12.3. The van der Waals surface area contributed by atoms with Crippen LogP contribution in [-0.4, -0.2) is 65.8 Å². The minimum Gasteiger partial charge on any atom is -0.341 e. The number of benzene rings is 3. The van der Waals surface area contributed by atoms with Crippen molar-refractivity contribution in [3.63, 3.8) is 0 Å². The molecule has 6 rings (SSSR count). The zero-order chi connectivity index (χ0) is 28.4. The predicted octanol–water partition coefficient (Wildman–Crippen LogP) is 6.40. The average Bonchev–Trinajstić information content (AvgIpc) is 3.53. The van der Waals surface area contributed by atoms with Crippen molar-refractivity contribution in [2.75, 3.05) is 39.3 Å². The molecule has 5 nitrogen and oxygen atoms in total. The maximum absolute atomic E-state index is 13.6. The first-order valence-electron chi connectivity index (χ1n) is 14.7. The number of likely N-dealkylation sites (tertiary alicyclic amines) is 3. The highest BCUT2D eigenvalue weighted by atomic mass is 79.9. The number of hydrogen-bond acceptors (Lipinski definition) is 3. The van der Waals surface area contributed by atoms with Gasteiger partial charge in [0.2, 0.25) is 11.8 Å². The van der Waals surface area contributed by atoms with Gasteiger partial charge in [-0.3, -0.25) is 9.59 Å². The summed E-state index contributed by atoms with van der Waals surface area (Å²) in [6.45, 7) is 5.87. The van der Waals surface area contributed by atoms with Gasteiger partial charge in [0.15, 0.2) is 0 Å². The third kappa shape index (κ3) is 6.40. The Bertz CT molecular complexity index is 1370. The minimum absolute atomic E-state index is 0.163. The molecule has 3 aliphatic rings. The van der Waals surface area contributed by atoms with Gasteiger partial charge in [0, 0.05) is 48.1 Å². The molecule has 3 aliphatic heterocycles. The van der Waals surface area contributed by atoms with E-state index in [4.69, 9.17) is 11.6 Å². The van der Waals surface area contributed by atoms with E-state index in [1.807, 2.05) is 36.4 Å². The number of carbonyl (C=O) groups is 2. The fourth-order valence-electron chi connectivity index (χ4n) is 7.08. The molecule has 41 heavy (non-hydrogen) atoms. The Morgan fingerprint density at radius 3 is 2.34 bits per heavy atom. The molecule has 3 aromatic carbocycles. The van der Waals surface area contributed by atoms with Gasteiger partial charge in [0.1, 0.15) is 0 Å². The van der Waals surface area contributed by atoms with Crippen LogP contribution in [0.1, 0.15) is 41.9 Å². The molecule has 0 saturated carbocycles. The fraction of sp³-hybridized carbons (Fsp3) is 0.412. The molecule has 0 aliphatic carbocycles. The summed E-state index contributed by atoms with van der Waals surface area (Å²) < 4.78 is 1.06. The Morgan fingerprint density at radius 2 is 1.61 bits per heavy atom. The van der Waals surface area contributed by atoms with Gasteiger partial charge in [0.25, 0.3) is 0 Å². The number of nitrogens with zero attached hydrogens (tertiary/aromatic N) is 3. The lowest BCUT2D eigenvalue weighted by Crippen LogP contribution is -2.46. The molecule has 2 atom stereocenters. The van der Waals surface area contributed by atoms with Crippen molar-refractivity contribution in [3.05, 3.63) is 105 Å². The van der Waals surface area contributed by atoms with Crippen LogP contribution < -0.4 is 0 Å². The lowest BCUT2D eigenvalue weighted by Gasteiger charge is -2.39. The maximum atomic E-state index is 13.6. The summed E-state index contributed by atoms with van der Waals surface area (Å²) in [5.74, 6) is 1.17. The summed E-state index contributed by atoms with van der Waals surface area (Å²) in [6.07, 6.45) is 3.17. The Hall–Kier alpha value is -2.67. The van der Waals surface area contributed by atoms with Crippen molar-refractivity contribution in [1.82, 2.24) is 14.7 Å². The van der Waals surface area contributed by atoms with Crippen LogP contribution >= 0.6 is 27.5 Å². The van der Waals surface area contributed by atoms with E-state index in [2.05, 4.69) is 73.1 Å². The monoisotopic (exact) mass is 633 g/mol. The average molecular weight is 635 g/mol. The van der Waals surface area contributed by atoms with Crippen LogP contribution in [-0.2, 0) is 22.6 Å². The minimum atomic E-state index is -0.209. The SMILES string of the molecule is O=C(Cc1cccc(Cl)c1)N1CC(CN2CCC3(CC2)CCN(Cc2ccc(Br)cc2)C3=O)C(c2ccccc2)C1. The number of rotatable bonds is 7. The van der Waals surface area contributed by atoms with Crippen molar-refractivity contribution >= 4 is 39.3 Å². The molecule has 3 aromatic rings. The fourth-order valence-corrected chi connectivity index (χ4v) is 7.56. The van der Waals surface area contributed by atoms with Crippen LogP contribution in [0.3, 0.4) is 0 Å². The quantitative estimate of drug-likeness (QED) is 0.302. The topological polar surface area (TPSA) is 43.9 Å². The van der Waals surface area contributed by atoms with Crippen LogP contribution in [0.4, 0.5) is 0 Å². The number of halogens is 2. The van der Waals surface area contributed by atoms with Crippen LogP contribution in [0.15, 0.2) is 83.3 Å². The molecule has 2 unspecified atom stereocenters. The Morgan fingerprint density at radius 1 is 0.878 bits per heavy atom. The number of hydrogen-bond donors (Lipinski definition) is 0. The number of carbonyl (C=O) groups excluding carboxylic acids is 2. The Balaban J connectivity index is 1.08. The molecular formula is C34H37BrClN3O2. The lowest BCUT2D eigenvalue weighted by molar-refractivity contribution is -0.139. The summed E-state index contributed by atoms with van der Waals surface area (Å²) in [4.78, 5) is 33.6. The van der Waals surface area contributed by atoms with Gasteiger partial charge in [0.05, 0.1) is 11.8 Å². The van der Waals surface area contributed by atoms with E-state index in [0.717, 1.165) is 68.6 Å². The normalized spacial score (nSPS) is 22.5. The van der Waals surface area contributed by atoms with Crippen LogP contribution in [0.2, 0.25) is 5.02 Å². The first-order valence-corrected chi connectivity index (χ1v) is 15.9. The van der Waals surface area contributed by atoms with Crippen LogP contribution in [0.25, 0.3) is 0 Å². The maximum Gasteiger partial charge on any atom is 0.229 e. The second-order valence-corrected chi connectivity index (χ2v) is 13.4. The number of piperidine rings is 1. The largest absolute Gasteiger partial charge is 0.341 e. The molecular weight excluding hydrogens is 598 g/mol. The molecule has 7 heteroatoms. The highest BCUT2D eigenvalue weighted by Gasteiger charge is 2.48. The highest BCUT2D eigenvalue weighted by Crippen LogP contribution is 2.43. The molecule has 2 amide bonds. The zero-order valence-corrected chi connectivity index (χ0v) is 25.7. The van der Waals surface area contributed by atoms with E-state index in [9.17, 15) is 9.59 Å². The third-order valence-corrected chi connectivity index (χ3v) is 10.2. The van der Waals surface area contributed by atoms with Gasteiger partial charge in [-0.15, -0.1) is 0 Å². The summed E-state index contributed by atoms with van der Waals surface area (Å²) in [5, 5.41) is 0.664. The van der Waals surface area contributed by atoms with Crippen molar-refractivity contribution in [1.29, 1.82) is 0 Å². The molecule has 0 N–H and O–H groups in total. The highest BCUT2D eigenvalue weighted by molar-refractivity contribution is 9.10. The smallest absolute Gasteiger partial charge is 0.229 e. The Labute approximate surface area is 256 Å². The van der Waals surface area contributed by atoms with Gasteiger partial charge < -0.3 is 14.7 Å². The summed E-state index contributed by atoms with van der Waals surface area (Å²) >= 11 is 9.67. The lowest BCUT2D eigenvalue weighted by atomic mass is 9.76. The molecule has 3 saturated heterocycles. The van der Waals surface area contributed by atoms with Gasteiger partial charge in [-0.25, -0.2) is 0 Å². The van der Waals surface area contributed by atoms with Gasteiger partial charge in [-0.05, 0) is 79.2 Å². The molecule has 1 spiro atoms. The summed E-state index contributed by atoms with van der Waals surface area (Å²) in [5.41, 5.74) is 3.23. The standard InChI is InChI=1S/C34H37BrClN3O2/c35-29-11-9-25(10-12-29)21-38-18-15-34(33(38)41)13-16-37(17-14-34)22-28-23-39(24-31(28)27-6-2-1-3-7-27)32(40)20-26-5-4-8-30(36)19-26/h1-12,19,28,31H,13-18,20-24H2. The summed E-state index contributed by atoms with van der Waals surface area (Å²) in [6, 6.07) is 26.5. The van der Waals surface area contributed by atoms with E-state index in [0.29, 0.717) is 35.7 Å². The number of amides is 2. The zero-order valence-electron chi connectivity index (χ0n) is 23.4. The van der Waals surface area contributed by atoms with Crippen molar-refractivity contribution in [2.45, 2.75) is 38.1 Å². The predicted molar refractivity (Wildman–Crippen MR) is 167 cm³/mol. The first kappa shape index (κ1) is 28.4. The van der Waals surface area contributed by atoms with Crippen molar-refractivity contribution in [2.24, 2.45) is 11.3 Å². The molecule has 0 radical (unpaired) electrons. The van der Waals surface area contributed by atoms with Crippen molar-refractivity contribution in [3.8, 4) is 0 Å². The van der Waals surface area contributed by atoms with Gasteiger partial charge >= 0.3 is 0 Å². The molecule has 3 fully saturated rings. The molecule has 3 heterocycles. The van der Waals surface area contributed by atoms with Gasteiger partial charge in [-0.2, -0.15) is 0 Å². The third-order valence-electron chi connectivity index (χ3n) is 9.46. The van der Waals surface area contributed by atoms with Crippen LogP contribution in [0, 0.1) is 11.3 Å². The molecule has 0 aromatic heterocycles. The summed E-state index contributed by atoms with van der Waals surface area (Å²) in [7, 11) is 0. The molecule has 214 valence electrons. The van der Waals surface area contributed by atoms with Crippen molar-refractivity contribution < 1.29 is 9.59 Å².